The average Bonchev–Trinajstić information content (AvgIpc) is 2.62. The highest BCUT2D eigenvalue weighted by Gasteiger charge is 2.48. The topological polar surface area (TPSA) is 0 Å². The number of benzene rings is 2. The Morgan fingerprint density at radius 2 is 1.53 bits per heavy atom. The predicted octanol–water partition coefficient (Wildman–Crippen LogP) is 4.90. The van der Waals surface area contributed by atoms with Gasteiger partial charge in [-0.2, -0.15) is 0 Å². The second-order valence-electron chi connectivity index (χ2n) is 6.65. The molecule has 3 aliphatic rings. The molecule has 0 saturated carbocycles. The molecule has 3 aliphatic carbocycles. The molecule has 0 aliphatic heterocycles. The Balaban J connectivity index is 2.02. The Kier molecular flexibility index (Phi) is 2.15. The average molecular weight is 247 g/mol. The van der Waals surface area contributed by atoms with E-state index in [4.69, 9.17) is 0 Å². The summed E-state index contributed by atoms with van der Waals surface area (Å²) in [6, 6.07) is 18.0. The van der Waals surface area contributed by atoms with Crippen molar-refractivity contribution >= 4 is 0 Å². The fraction of sp³-hybridized carbons (Fsp3) is 0.316. The highest BCUT2D eigenvalue weighted by atomic mass is 14.5. The van der Waals surface area contributed by atoms with Crippen LogP contribution in [0.2, 0.25) is 0 Å². The van der Waals surface area contributed by atoms with E-state index < -0.39 is 0 Å². The van der Waals surface area contributed by atoms with Gasteiger partial charge in [-0.15, -0.1) is 0 Å². The summed E-state index contributed by atoms with van der Waals surface area (Å²) >= 11 is 0. The van der Waals surface area contributed by atoms with Crippen LogP contribution < -0.4 is 0 Å². The second kappa shape index (κ2) is 3.66. The van der Waals surface area contributed by atoms with Crippen LogP contribution in [0.25, 0.3) is 0 Å². The van der Waals surface area contributed by atoms with Crippen molar-refractivity contribution in [3.8, 4) is 0 Å². The van der Waals surface area contributed by atoms with E-state index in [9.17, 15) is 0 Å². The van der Waals surface area contributed by atoms with Crippen molar-refractivity contribution in [3.63, 3.8) is 0 Å². The number of hydrogen-bond donors (Lipinski definition) is 0. The molecule has 2 unspecified atom stereocenters. The molecule has 2 bridgehead atoms. The van der Waals surface area contributed by atoms with Crippen LogP contribution in [0.1, 0.15) is 54.4 Å². The lowest BCUT2D eigenvalue weighted by atomic mass is 9.63. The fourth-order valence-electron chi connectivity index (χ4n) is 4.05. The minimum atomic E-state index is 0.345. The van der Waals surface area contributed by atoms with Crippen molar-refractivity contribution in [1.82, 2.24) is 0 Å². The molecule has 0 aromatic heterocycles. The van der Waals surface area contributed by atoms with Crippen LogP contribution >= 0.6 is 0 Å². The van der Waals surface area contributed by atoms with Gasteiger partial charge in [-0.25, -0.2) is 0 Å². The molecule has 2 aromatic rings. The SMILES string of the molecule is CC1(C)CC2c3ccccc3[CH+]C1c1ccccc12. The number of fused-ring (bicyclic) bond motifs is 1. The van der Waals surface area contributed by atoms with Gasteiger partial charge in [0.15, 0.2) is 0 Å². The van der Waals surface area contributed by atoms with Gasteiger partial charge >= 0.3 is 0 Å². The molecule has 94 valence electrons. The smallest absolute Gasteiger partial charge is 0.0619 e. The first-order valence-corrected chi connectivity index (χ1v) is 7.19. The van der Waals surface area contributed by atoms with E-state index in [0.717, 1.165) is 0 Å². The molecule has 0 fully saturated rings. The molecule has 0 spiro atoms. The Morgan fingerprint density at radius 3 is 2.32 bits per heavy atom. The summed E-state index contributed by atoms with van der Waals surface area (Å²) in [6.07, 6.45) is 3.75. The van der Waals surface area contributed by atoms with Gasteiger partial charge < -0.3 is 0 Å². The quantitative estimate of drug-likeness (QED) is 0.581. The molecule has 0 radical (unpaired) electrons. The van der Waals surface area contributed by atoms with Crippen LogP contribution in [0.15, 0.2) is 48.5 Å². The summed E-state index contributed by atoms with van der Waals surface area (Å²) in [5.74, 6) is 1.11. The third-order valence-corrected chi connectivity index (χ3v) is 5.00. The molecule has 0 heterocycles. The fourth-order valence-corrected chi connectivity index (χ4v) is 4.05. The summed E-state index contributed by atoms with van der Waals surface area (Å²) < 4.78 is 0. The standard InChI is InChI=1S/C19H19/c1-19(2)12-17-14-8-4-3-7-13(14)11-18(19)16-10-6-5-9-15(16)17/h3-11,17-18H,12H2,1-2H3/q+1. The van der Waals surface area contributed by atoms with E-state index in [1.54, 1.807) is 11.1 Å². The summed E-state index contributed by atoms with van der Waals surface area (Å²) in [5.41, 5.74) is 6.40. The van der Waals surface area contributed by atoms with Crippen molar-refractivity contribution in [2.24, 2.45) is 5.41 Å². The van der Waals surface area contributed by atoms with Gasteiger partial charge in [0.1, 0.15) is 5.56 Å². The first kappa shape index (κ1) is 11.2. The zero-order chi connectivity index (χ0) is 13.0. The van der Waals surface area contributed by atoms with Crippen LogP contribution in [0, 0.1) is 11.8 Å². The van der Waals surface area contributed by atoms with Gasteiger partial charge in [0.05, 0.1) is 17.4 Å². The summed E-state index contributed by atoms with van der Waals surface area (Å²) in [4.78, 5) is 0. The van der Waals surface area contributed by atoms with Crippen molar-refractivity contribution in [2.75, 3.05) is 0 Å². The predicted molar refractivity (Wildman–Crippen MR) is 79.3 cm³/mol. The lowest BCUT2D eigenvalue weighted by Gasteiger charge is -2.38. The van der Waals surface area contributed by atoms with Crippen LogP contribution in [0.4, 0.5) is 0 Å². The maximum absolute atomic E-state index is 2.50. The van der Waals surface area contributed by atoms with Gasteiger partial charge in [-0.05, 0) is 41.2 Å². The lowest BCUT2D eigenvalue weighted by molar-refractivity contribution is 0.262. The summed E-state index contributed by atoms with van der Waals surface area (Å²) in [6.45, 7) is 4.84. The van der Waals surface area contributed by atoms with Gasteiger partial charge in [0, 0.05) is 12.5 Å². The molecule has 0 saturated heterocycles. The Hall–Kier alpha value is -1.69. The Bertz CT molecular complexity index is 636. The van der Waals surface area contributed by atoms with Gasteiger partial charge in [0.25, 0.3) is 0 Å². The normalized spacial score (nSPS) is 26.0. The van der Waals surface area contributed by atoms with Crippen LogP contribution in [-0.2, 0) is 0 Å². The van der Waals surface area contributed by atoms with Crippen molar-refractivity contribution in [3.05, 3.63) is 77.2 Å². The zero-order valence-corrected chi connectivity index (χ0v) is 11.6. The van der Waals surface area contributed by atoms with Gasteiger partial charge in [0.2, 0.25) is 0 Å². The molecule has 19 heavy (non-hydrogen) atoms. The molecular weight excluding hydrogens is 228 g/mol. The van der Waals surface area contributed by atoms with Gasteiger partial charge in [-0.3, -0.25) is 0 Å². The van der Waals surface area contributed by atoms with Crippen LogP contribution in [0.5, 0.6) is 0 Å². The van der Waals surface area contributed by atoms with E-state index in [2.05, 4.69) is 68.8 Å². The Labute approximate surface area is 115 Å². The largest absolute Gasteiger partial charge is 0.134 e. The number of hydrogen-bond acceptors (Lipinski definition) is 0. The van der Waals surface area contributed by atoms with Crippen LogP contribution in [-0.4, -0.2) is 0 Å². The molecule has 0 nitrogen and oxygen atoms in total. The first-order chi connectivity index (χ1) is 9.17. The van der Waals surface area contributed by atoms with E-state index in [-0.39, 0.29) is 0 Å². The molecule has 0 N–H and O–H groups in total. The van der Waals surface area contributed by atoms with Gasteiger partial charge in [-0.1, -0.05) is 38.1 Å². The highest BCUT2D eigenvalue weighted by Crippen LogP contribution is 2.57. The molecular formula is C19H19+. The minimum absolute atomic E-state index is 0.345. The first-order valence-electron chi connectivity index (χ1n) is 7.19. The monoisotopic (exact) mass is 247 g/mol. The molecule has 2 atom stereocenters. The van der Waals surface area contributed by atoms with Crippen molar-refractivity contribution in [2.45, 2.75) is 32.1 Å². The zero-order valence-electron chi connectivity index (χ0n) is 11.6. The lowest BCUT2D eigenvalue weighted by Crippen LogP contribution is -2.29. The second-order valence-corrected chi connectivity index (χ2v) is 6.65. The number of rotatable bonds is 0. The Morgan fingerprint density at radius 1 is 0.895 bits per heavy atom. The van der Waals surface area contributed by atoms with E-state index >= 15 is 0 Å². The van der Waals surface area contributed by atoms with Crippen LogP contribution in [0.3, 0.4) is 0 Å². The maximum Gasteiger partial charge on any atom is 0.134 e. The van der Waals surface area contributed by atoms with E-state index in [0.29, 0.717) is 17.3 Å². The third kappa shape index (κ3) is 1.49. The molecule has 0 heteroatoms. The third-order valence-electron chi connectivity index (χ3n) is 5.00. The summed E-state index contributed by atoms with van der Waals surface area (Å²) in [7, 11) is 0. The summed E-state index contributed by atoms with van der Waals surface area (Å²) in [5, 5.41) is 0. The van der Waals surface area contributed by atoms with Crippen molar-refractivity contribution < 1.29 is 0 Å². The molecule has 0 amide bonds. The highest BCUT2D eigenvalue weighted by molar-refractivity contribution is 5.54. The van der Waals surface area contributed by atoms with E-state index in [1.807, 2.05) is 0 Å². The minimum Gasteiger partial charge on any atom is -0.0619 e. The maximum atomic E-state index is 2.50. The van der Waals surface area contributed by atoms with E-state index in [1.165, 1.54) is 17.5 Å². The molecule has 5 rings (SSSR count). The van der Waals surface area contributed by atoms with Crippen molar-refractivity contribution in [1.29, 1.82) is 0 Å². The molecule has 2 aromatic carbocycles.